The Morgan fingerprint density at radius 1 is 1.16 bits per heavy atom. The second-order valence-corrected chi connectivity index (χ2v) is 8.16. The predicted molar refractivity (Wildman–Crippen MR) is 125 cm³/mol. The van der Waals surface area contributed by atoms with Crippen molar-refractivity contribution in [2.24, 2.45) is 0 Å². The third kappa shape index (κ3) is 3.89. The molecule has 1 fully saturated rings. The molecule has 1 unspecified atom stereocenters. The largest absolute Gasteiger partial charge is 0.496 e. The maximum atomic E-state index is 12.9. The molecule has 1 aliphatic heterocycles. The summed E-state index contributed by atoms with van der Waals surface area (Å²) in [6.07, 6.45) is 1.69. The van der Waals surface area contributed by atoms with Crippen LogP contribution >= 0.6 is 11.6 Å². The Balaban J connectivity index is 1.41. The SMILES string of the molecule is COc1ccccc1-c1ccc2oc(C3CCCN3C(=O)Nc3cccc(Cl)c3)nc2c1. The molecule has 0 bridgehead atoms. The molecule has 162 valence electrons. The van der Waals surface area contributed by atoms with Gasteiger partial charge in [0.2, 0.25) is 5.89 Å². The molecule has 32 heavy (non-hydrogen) atoms. The van der Waals surface area contributed by atoms with Gasteiger partial charge in [0.1, 0.15) is 17.3 Å². The number of nitrogens with zero attached hydrogens (tertiary/aromatic N) is 2. The molecule has 6 nitrogen and oxygen atoms in total. The van der Waals surface area contributed by atoms with Crippen molar-refractivity contribution in [3.8, 4) is 16.9 Å². The van der Waals surface area contributed by atoms with Gasteiger partial charge in [-0.05, 0) is 54.8 Å². The number of ether oxygens (including phenoxy) is 1. The van der Waals surface area contributed by atoms with Gasteiger partial charge in [-0.1, -0.05) is 41.9 Å². The molecule has 1 saturated heterocycles. The van der Waals surface area contributed by atoms with Crippen molar-refractivity contribution in [3.05, 3.63) is 77.6 Å². The molecule has 3 aromatic carbocycles. The highest BCUT2D eigenvalue weighted by molar-refractivity contribution is 6.30. The second-order valence-electron chi connectivity index (χ2n) is 7.73. The minimum atomic E-state index is -0.212. The van der Waals surface area contributed by atoms with Gasteiger partial charge >= 0.3 is 6.03 Å². The van der Waals surface area contributed by atoms with E-state index < -0.39 is 0 Å². The number of methoxy groups -OCH3 is 1. The van der Waals surface area contributed by atoms with Crippen LogP contribution in [0.5, 0.6) is 5.75 Å². The molecule has 1 N–H and O–H groups in total. The Morgan fingerprint density at radius 3 is 2.88 bits per heavy atom. The molecule has 1 aromatic heterocycles. The number of para-hydroxylation sites is 1. The molecule has 2 heterocycles. The van der Waals surface area contributed by atoms with Crippen LogP contribution in [0.15, 0.2) is 71.1 Å². The van der Waals surface area contributed by atoms with Crippen LogP contribution in [-0.2, 0) is 0 Å². The Morgan fingerprint density at radius 2 is 2.03 bits per heavy atom. The Hall–Kier alpha value is -3.51. The first-order chi connectivity index (χ1) is 15.6. The third-order valence-electron chi connectivity index (χ3n) is 5.70. The molecule has 0 saturated carbocycles. The average molecular weight is 448 g/mol. The predicted octanol–water partition coefficient (Wildman–Crippen LogP) is 6.53. The molecule has 1 atom stereocenters. The van der Waals surface area contributed by atoms with Gasteiger partial charge in [-0.15, -0.1) is 0 Å². The minimum absolute atomic E-state index is 0.188. The highest BCUT2D eigenvalue weighted by Gasteiger charge is 2.33. The van der Waals surface area contributed by atoms with E-state index in [1.807, 2.05) is 48.5 Å². The Kier molecular flexibility index (Phi) is 5.45. The molecular weight excluding hydrogens is 426 g/mol. The fourth-order valence-electron chi connectivity index (χ4n) is 4.17. The Bertz CT molecular complexity index is 1290. The van der Waals surface area contributed by atoms with Gasteiger partial charge in [0.05, 0.1) is 7.11 Å². The molecule has 1 aliphatic rings. The summed E-state index contributed by atoms with van der Waals surface area (Å²) in [5, 5.41) is 3.50. The van der Waals surface area contributed by atoms with E-state index in [0.29, 0.717) is 28.7 Å². The summed E-state index contributed by atoms with van der Waals surface area (Å²) in [5.74, 6) is 1.35. The molecule has 2 amide bonds. The number of benzene rings is 3. The summed E-state index contributed by atoms with van der Waals surface area (Å²) in [7, 11) is 1.66. The summed E-state index contributed by atoms with van der Waals surface area (Å²) in [6.45, 7) is 0.641. The highest BCUT2D eigenvalue weighted by atomic mass is 35.5. The van der Waals surface area contributed by atoms with E-state index in [1.165, 1.54) is 0 Å². The van der Waals surface area contributed by atoms with E-state index in [9.17, 15) is 4.79 Å². The number of halogens is 1. The number of anilines is 1. The number of carbonyl (C=O) groups is 1. The lowest BCUT2D eigenvalue weighted by molar-refractivity contribution is 0.199. The van der Waals surface area contributed by atoms with Crippen molar-refractivity contribution in [1.82, 2.24) is 9.88 Å². The number of amides is 2. The van der Waals surface area contributed by atoms with Gasteiger partial charge in [0, 0.05) is 22.8 Å². The number of aromatic nitrogens is 1. The van der Waals surface area contributed by atoms with Gasteiger partial charge < -0.3 is 19.4 Å². The Labute approximate surface area is 190 Å². The fourth-order valence-corrected chi connectivity index (χ4v) is 4.36. The molecule has 4 aromatic rings. The second kappa shape index (κ2) is 8.55. The first kappa shape index (κ1) is 20.4. The lowest BCUT2D eigenvalue weighted by atomic mass is 10.0. The van der Waals surface area contributed by atoms with Gasteiger partial charge in [-0.2, -0.15) is 0 Å². The normalized spacial score (nSPS) is 15.8. The van der Waals surface area contributed by atoms with E-state index in [2.05, 4.69) is 5.32 Å². The van der Waals surface area contributed by atoms with Crippen molar-refractivity contribution in [2.75, 3.05) is 19.0 Å². The molecule has 0 spiro atoms. The van der Waals surface area contributed by atoms with E-state index in [1.54, 1.807) is 30.2 Å². The van der Waals surface area contributed by atoms with Crippen molar-refractivity contribution in [2.45, 2.75) is 18.9 Å². The summed E-state index contributed by atoms with van der Waals surface area (Å²) < 4.78 is 11.6. The van der Waals surface area contributed by atoms with Crippen LogP contribution < -0.4 is 10.1 Å². The number of rotatable bonds is 4. The van der Waals surface area contributed by atoms with Crippen LogP contribution in [0.1, 0.15) is 24.8 Å². The van der Waals surface area contributed by atoms with Crippen molar-refractivity contribution in [1.29, 1.82) is 0 Å². The zero-order chi connectivity index (χ0) is 22.1. The van der Waals surface area contributed by atoms with Gasteiger partial charge in [-0.25, -0.2) is 9.78 Å². The van der Waals surface area contributed by atoms with E-state index >= 15 is 0 Å². The smallest absolute Gasteiger partial charge is 0.322 e. The van der Waals surface area contributed by atoms with Crippen molar-refractivity contribution < 1.29 is 13.9 Å². The van der Waals surface area contributed by atoms with Crippen LogP contribution in [0.3, 0.4) is 0 Å². The first-order valence-electron chi connectivity index (χ1n) is 10.5. The van der Waals surface area contributed by atoms with Crippen LogP contribution in [0.2, 0.25) is 5.02 Å². The number of hydrogen-bond acceptors (Lipinski definition) is 4. The number of hydrogen-bond donors (Lipinski definition) is 1. The standard InChI is InChI=1S/C25H22ClN3O3/c1-31-22-10-3-2-8-19(22)16-11-12-23-20(14-16)28-24(32-23)21-9-5-13-29(21)25(30)27-18-7-4-6-17(26)15-18/h2-4,6-8,10-12,14-15,21H,5,9,13H2,1H3,(H,27,30). The zero-order valence-electron chi connectivity index (χ0n) is 17.5. The average Bonchev–Trinajstić information content (AvgIpc) is 3.45. The molecule has 7 heteroatoms. The van der Waals surface area contributed by atoms with Crippen LogP contribution in [0, 0.1) is 0 Å². The summed E-state index contributed by atoms with van der Waals surface area (Å²) >= 11 is 6.04. The van der Waals surface area contributed by atoms with Crippen molar-refractivity contribution >= 4 is 34.4 Å². The number of carbonyl (C=O) groups excluding carboxylic acids is 1. The van der Waals surface area contributed by atoms with Gasteiger partial charge in [0.15, 0.2) is 5.58 Å². The molecule has 0 radical (unpaired) electrons. The zero-order valence-corrected chi connectivity index (χ0v) is 18.3. The van der Waals surface area contributed by atoms with E-state index in [4.69, 9.17) is 25.7 Å². The summed E-state index contributed by atoms with van der Waals surface area (Å²) in [5.41, 5.74) is 4.10. The summed E-state index contributed by atoms with van der Waals surface area (Å²) in [4.78, 5) is 19.4. The first-order valence-corrected chi connectivity index (χ1v) is 10.9. The number of nitrogens with one attached hydrogen (secondary N) is 1. The van der Waals surface area contributed by atoms with Crippen LogP contribution in [0.25, 0.3) is 22.2 Å². The lowest BCUT2D eigenvalue weighted by Gasteiger charge is -2.22. The topological polar surface area (TPSA) is 67.6 Å². The number of fused-ring (bicyclic) bond motifs is 1. The monoisotopic (exact) mass is 447 g/mol. The molecule has 5 rings (SSSR count). The van der Waals surface area contributed by atoms with E-state index in [0.717, 1.165) is 35.2 Å². The molecular formula is C25H22ClN3O3. The number of urea groups is 1. The lowest BCUT2D eigenvalue weighted by Crippen LogP contribution is -2.34. The summed E-state index contributed by atoms with van der Waals surface area (Å²) in [6, 6.07) is 20.5. The maximum Gasteiger partial charge on any atom is 0.322 e. The molecule has 0 aliphatic carbocycles. The minimum Gasteiger partial charge on any atom is -0.496 e. The van der Waals surface area contributed by atoms with Crippen LogP contribution in [-0.4, -0.2) is 29.6 Å². The van der Waals surface area contributed by atoms with Crippen LogP contribution in [0.4, 0.5) is 10.5 Å². The van der Waals surface area contributed by atoms with Crippen molar-refractivity contribution in [3.63, 3.8) is 0 Å². The number of likely N-dealkylation sites (tertiary alicyclic amines) is 1. The quantitative estimate of drug-likeness (QED) is 0.386. The third-order valence-corrected chi connectivity index (χ3v) is 5.93. The van der Waals surface area contributed by atoms with E-state index in [-0.39, 0.29) is 12.1 Å². The van der Waals surface area contributed by atoms with Gasteiger partial charge in [-0.3, -0.25) is 0 Å². The fraction of sp³-hybridized carbons (Fsp3) is 0.200. The highest BCUT2D eigenvalue weighted by Crippen LogP contribution is 2.36. The van der Waals surface area contributed by atoms with Gasteiger partial charge in [0.25, 0.3) is 0 Å². The maximum absolute atomic E-state index is 12.9. The number of oxazole rings is 1.